The summed E-state index contributed by atoms with van der Waals surface area (Å²) in [5.74, 6) is -0.192. The number of aromatic hydroxyl groups is 1. The van der Waals surface area contributed by atoms with Gasteiger partial charge in [0.25, 0.3) is 0 Å². The Balaban J connectivity index is 1.66. The van der Waals surface area contributed by atoms with Crippen molar-refractivity contribution in [2.45, 2.75) is 38.8 Å². The van der Waals surface area contributed by atoms with Crippen LogP contribution in [0.15, 0.2) is 48.5 Å². The first-order valence-electron chi connectivity index (χ1n) is 9.55. The Hall–Kier alpha value is -2.93. The summed E-state index contributed by atoms with van der Waals surface area (Å²) in [5.41, 5.74) is 1.46. The molecule has 0 unspecified atom stereocenters. The highest BCUT2D eigenvalue weighted by Crippen LogP contribution is 2.28. The van der Waals surface area contributed by atoms with Gasteiger partial charge in [0, 0.05) is 43.9 Å². The van der Waals surface area contributed by atoms with E-state index < -0.39 is 4.92 Å². The zero-order valence-corrected chi connectivity index (χ0v) is 16.0. The number of carbonyl (C=O) groups excluding carboxylic acids is 1. The van der Waals surface area contributed by atoms with E-state index in [1.165, 1.54) is 12.1 Å². The predicted octanol–water partition coefficient (Wildman–Crippen LogP) is 3.71. The molecule has 0 atom stereocenters. The smallest absolute Gasteiger partial charge is 0.311 e. The summed E-state index contributed by atoms with van der Waals surface area (Å²) >= 11 is 0. The number of rotatable bonds is 6. The molecule has 1 aliphatic rings. The minimum atomic E-state index is -0.570. The maximum absolute atomic E-state index is 12.5. The van der Waals surface area contributed by atoms with Crippen LogP contribution >= 0.6 is 0 Å². The molecule has 3 rings (SSSR count). The fraction of sp³-hybridized carbons (Fsp3) is 0.381. The first kappa shape index (κ1) is 19.8. The van der Waals surface area contributed by atoms with E-state index in [-0.39, 0.29) is 23.4 Å². The summed E-state index contributed by atoms with van der Waals surface area (Å²) in [4.78, 5) is 27.1. The molecule has 7 heteroatoms. The Labute approximate surface area is 164 Å². The van der Waals surface area contributed by atoms with Gasteiger partial charge in [-0.1, -0.05) is 31.2 Å². The van der Waals surface area contributed by atoms with E-state index in [4.69, 9.17) is 0 Å². The standard InChI is InChI=1S/C21H25N3O4/c1-2-21(26)23(17-6-4-3-5-7-17)18-10-12-22(13-11-18)15-16-8-9-20(25)19(14-16)24(27)28/h3-9,14,18,25H,2,10-13,15H2,1H3. The molecule has 0 saturated carbocycles. The van der Waals surface area contributed by atoms with Crippen molar-refractivity contribution in [1.82, 2.24) is 4.90 Å². The number of nitro benzene ring substituents is 1. The average molecular weight is 383 g/mol. The number of benzene rings is 2. The molecule has 0 radical (unpaired) electrons. The van der Waals surface area contributed by atoms with E-state index in [2.05, 4.69) is 4.90 Å². The SMILES string of the molecule is CCC(=O)N(c1ccccc1)C1CCN(Cc2ccc(O)c([N+](=O)[O-])c2)CC1. The van der Waals surface area contributed by atoms with Crippen molar-refractivity contribution in [3.05, 3.63) is 64.2 Å². The highest BCUT2D eigenvalue weighted by atomic mass is 16.6. The van der Waals surface area contributed by atoms with Gasteiger partial charge in [0.05, 0.1) is 4.92 Å². The summed E-state index contributed by atoms with van der Waals surface area (Å²) in [7, 11) is 0. The van der Waals surface area contributed by atoms with Gasteiger partial charge in [-0.25, -0.2) is 0 Å². The molecule has 7 nitrogen and oxygen atoms in total. The molecule has 0 bridgehead atoms. The highest BCUT2D eigenvalue weighted by molar-refractivity contribution is 5.93. The number of anilines is 1. The number of phenols is 1. The Kier molecular flexibility index (Phi) is 6.26. The van der Waals surface area contributed by atoms with Gasteiger partial charge in [-0.2, -0.15) is 0 Å². The lowest BCUT2D eigenvalue weighted by atomic mass is 10.0. The molecule has 1 saturated heterocycles. The van der Waals surface area contributed by atoms with Crippen LogP contribution in [0.3, 0.4) is 0 Å². The molecule has 1 N–H and O–H groups in total. The van der Waals surface area contributed by atoms with Crippen LogP contribution in [0.25, 0.3) is 0 Å². The fourth-order valence-corrected chi connectivity index (χ4v) is 3.72. The van der Waals surface area contributed by atoms with Crippen LogP contribution < -0.4 is 4.90 Å². The summed E-state index contributed by atoms with van der Waals surface area (Å²) in [6, 6.07) is 14.4. The van der Waals surface area contributed by atoms with E-state index in [0.29, 0.717) is 13.0 Å². The van der Waals surface area contributed by atoms with E-state index in [0.717, 1.165) is 37.2 Å². The van der Waals surface area contributed by atoms with Gasteiger partial charge in [0.15, 0.2) is 5.75 Å². The third-order valence-electron chi connectivity index (χ3n) is 5.17. The van der Waals surface area contributed by atoms with Gasteiger partial charge in [-0.15, -0.1) is 0 Å². The second kappa shape index (κ2) is 8.84. The third-order valence-corrected chi connectivity index (χ3v) is 5.17. The molecule has 0 spiro atoms. The number of carbonyl (C=O) groups is 1. The van der Waals surface area contributed by atoms with Crippen LogP contribution in [0.1, 0.15) is 31.7 Å². The van der Waals surface area contributed by atoms with E-state index in [9.17, 15) is 20.0 Å². The topological polar surface area (TPSA) is 86.9 Å². The highest BCUT2D eigenvalue weighted by Gasteiger charge is 2.28. The second-order valence-corrected chi connectivity index (χ2v) is 7.04. The van der Waals surface area contributed by atoms with E-state index in [1.807, 2.05) is 42.2 Å². The number of phenolic OH excluding ortho intramolecular Hbond substituents is 1. The van der Waals surface area contributed by atoms with Crippen LogP contribution in [-0.2, 0) is 11.3 Å². The Morgan fingerprint density at radius 2 is 1.89 bits per heavy atom. The van der Waals surface area contributed by atoms with Crippen LogP contribution in [0, 0.1) is 10.1 Å². The van der Waals surface area contributed by atoms with Crippen LogP contribution in [0.5, 0.6) is 5.75 Å². The predicted molar refractivity (Wildman–Crippen MR) is 107 cm³/mol. The molecule has 1 heterocycles. The molecule has 1 amide bonds. The lowest BCUT2D eigenvalue weighted by Gasteiger charge is -2.38. The number of hydrogen-bond donors (Lipinski definition) is 1. The second-order valence-electron chi connectivity index (χ2n) is 7.04. The van der Waals surface area contributed by atoms with Crippen molar-refractivity contribution in [3.8, 4) is 5.75 Å². The molecular weight excluding hydrogens is 358 g/mol. The number of hydrogen-bond acceptors (Lipinski definition) is 5. The minimum Gasteiger partial charge on any atom is -0.502 e. The fourth-order valence-electron chi connectivity index (χ4n) is 3.72. The molecule has 148 valence electrons. The number of likely N-dealkylation sites (tertiary alicyclic amines) is 1. The van der Waals surface area contributed by atoms with Gasteiger partial charge < -0.3 is 10.0 Å². The Morgan fingerprint density at radius 1 is 1.21 bits per heavy atom. The molecule has 28 heavy (non-hydrogen) atoms. The Morgan fingerprint density at radius 3 is 2.50 bits per heavy atom. The third kappa shape index (κ3) is 4.48. The summed E-state index contributed by atoms with van der Waals surface area (Å²) in [6.07, 6.45) is 2.16. The van der Waals surface area contributed by atoms with E-state index in [1.54, 1.807) is 6.07 Å². The average Bonchev–Trinajstić information content (AvgIpc) is 2.71. The van der Waals surface area contributed by atoms with E-state index >= 15 is 0 Å². The first-order valence-corrected chi connectivity index (χ1v) is 9.55. The van der Waals surface area contributed by atoms with Gasteiger partial charge in [0.2, 0.25) is 5.91 Å². The van der Waals surface area contributed by atoms with Crippen LogP contribution in [-0.4, -0.2) is 40.0 Å². The van der Waals surface area contributed by atoms with Gasteiger partial charge in [0.1, 0.15) is 0 Å². The quantitative estimate of drug-likeness (QED) is 0.607. The minimum absolute atomic E-state index is 0.124. The lowest BCUT2D eigenvalue weighted by Crippen LogP contribution is -2.47. The van der Waals surface area contributed by atoms with Crippen molar-refractivity contribution in [2.24, 2.45) is 0 Å². The van der Waals surface area contributed by atoms with Crippen molar-refractivity contribution in [1.29, 1.82) is 0 Å². The summed E-state index contributed by atoms with van der Waals surface area (Å²) < 4.78 is 0. The number of amides is 1. The van der Waals surface area contributed by atoms with Crippen molar-refractivity contribution in [2.75, 3.05) is 18.0 Å². The number of para-hydroxylation sites is 1. The van der Waals surface area contributed by atoms with Gasteiger partial charge in [-0.05, 0) is 36.6 Å². The zero-order valence-electron chi connectivity index (χ0n) is 16.0. The molecule has 1 aliphatic heterocycles. The van der Waals surface area contributed by atoms with Gasteiger partial charge >= 0.3 is 5.69 Å². The van der Waals surface area contributed by atoms with Crippen LogP contribution in [0.2, 0.25) is 0 Å². The largest absolute Gasteiger partial charge is 0.502 e. The van der Waals surface area contributed by atoms with Crippen molar-refractivity contribution < 1.29 is 14.8 Å². The Bertz CT molecular complexity index is 833. The number of nitrogens with zero attached hydrogens (tertiary/aromatic N) is 3. The monoisotopic (exact) mass is 383 g/mol. The van der Waals surface area contributed by atoms with Gasteiger partial charge in [-0.3, -0.25) is 19.8 Å². The molecule has 2 aromatic rings. The summed E-state index contributed by atoms with van der Waals surface area (Å²) in [5, 5.41) is 20.6. The molecule has 2 aromatic carbocycles. The maximum Gasteiger partial charge on any atom is 0.311 e. The first-order chi connectivity index (χ1) is 13.5. The maximum atomic E-state index is 12.5. The van der Waals surface area contributed by atoms with Crippen molar-refractivity contribution >= 4 is 17.3 Å². The summed E-state index contributed by atoms with van der Waals surface area (Å²) in [6.45, 7) is 4.07. The molecule has 0 aromatic heterocycles. The van der Waals surface area contributed by atoms with Crippen LogP contribution in [0.4, 0.5) is 11.4 Å². The lowest BCUT2D eigenvalue weighted by molar-refractivity contribution is -0.385. The number of nitro groups is 1. The molecule has 0 aliphatic carbocycles. The molecule has 1 fully saturated rings. The number of piperidine rings is 1. The normalized spacial score (nSPS) is 15.3. The molecular formula is C21H25N3O4. The zero-order chi connectivity index (χ0) is 20.1. The van der Waals surface area contributed by atoms with Crippen molar-refractivity contribution in [3.63, 3.8) is 0 Å².